The van der Waals surface area contributed by atoms with Crippen LogP contribution in [0.3, 0.4) is 0 Å². The Hall–Kier alpha value is -2.48. The van der Waals surface area contributed by atoms with Crippen LogP contribution < -0.4 is 0 Å². The van der Waals surface area contributed by atoms with Gasteiger partial charge in [-0.25, -0.2) is 4.98 Å². The molecule has 0 amide bonds. The summed E-state index contributed by atoms with van der Waals surface area (Å²) in [7, 11) is 0. The van der Waals surface area contributed by atoms with Gasteiger partial charge in [0.05, 0.1) is 5.69 Å². The van der Waals surface area contributed by atoms with Crippen LogP contribution in [-0.4, -0.2) is 25.7 Å². The van der Waals surface area contributed by atoms with Crippen molar-refractivity contribution >= 4 is 5.65 Å². The quantitative estimate of drug-likeness (QED) is 0.754. The van der Waals surface area contributed by atoms with Crippen molar-refractivity contribution in [2.24, 2.45) is 0 Å². The summed E-state index contributed by atoms with van der Waals surface area (Å²) in [4.78, 5) is 7.44. The molecule has 0 fully saturated rings. The van der Waals surface area contributed by atoms with Crippen LogP contribution in [0.5, 0.6) is 0 Å². The molecule has 1 atom stereocenters. The van der Waals surface area contributed by atoms with Crippen LogP contribution in [-0.2, 0) is 12.0 Å². The minimum atomic E-state index is -5.02. The van der Waals surface area contributed by atoms with Gasteiger partial charge in [-0.15, -0.1) is 0 Å². The molecule has 0 aliphatic rings. The Bertz CT molecular complexity index is 832. The molecule has 0 saturated heterocycles. The van der Waals surface area contributed by atoms with Crippen LogP contribution in [0.4, 0.5) is 17.6 Å². The van der Waals surface area contributed by atoms with Gasteiger partial charge in [0.15, 0.2) is 5.60 Å². The topological polar surface area (TPSA) is 50.4 Å². The highest BCUT2D eigenvalue weighted by Crippen LogP contribution is 2.41. The molecule has 1 N–H and O–H groups in total. The van der Waals surface area contributed by atoms with Crippen molar-refractivity contribution in [3.8, 4) is 0 Å². The minimum absolute atomic E-state index is 0.163. The minimum Gasteiger partial charge on any atom is -0.376 e. The number of aliphatic hydroxyl groups is 1. The van der Waals surface area contributed by atoms with Crippen LogP contribution >= 0.6 is 0 Å². The zero-order valence-electron chi connectivity index (χ0n) is 11.6. The Kier molecular flexibility index (Phi) is 3.56. The van der Waals surface area contributed by atoms with Crippen molar-refractivity contribution in [2.75, 3.05) is 0 Å². The van der Waals surface area contributed by atoms with E-state index in [4.69, 9.17) is 0 Å². The SMILES string of the molecule is OC(Cc1nc2ccccn2c1F)(c1cccnc1)C(F)(F)F. The van der Waals surface area contributed by atoms with Crippen molar-refractivity contribution in [3.05, 3.63) is 66.1 Å². The highest BCUT2D eigenvalue weighted by atomic mass is 19.4. The van der Waals surface area contributed by atoms with Crippen LogP contribution in [0.1, 0.15) is 11.3 Å². The Morgan fingerprint density at radius 1 is 1.13 bits per heavy atom. The van der Waals surface area contributed by atoms with E-state index in [1.165, 1.54) is 30.6 Å². The first-order valence-electron chi connectivity index (χ1n) is 6.64. The Balaban J connectivity index is 2.10. The summed E-state index contributed by atoms with van der Waals surface area (Å²) >= 11 is 0. The van der Waals surface area contributed by atoms with E-state index >= 15 is 0 Å². The maximum atomic E-state index is 14.3. The maximum absolute atomic E-state index is 14.3. The lowest BCUT2D eigenvalue weighted by Gasteiger charge is -2.30. The maximum Gasteiger partial charge on any atom is 0.421 e. The van der Waals surface area contributed by atoms with Crippen LogP contribution in [0, 0.1) is 5.95 Å². The Morgan fingerprint density at radius 3 is 2.52 bits per heavy atom. The fraction of sp³-hybridized carbons (Fsp3) is 0.200. The molecule has 8 heteroatoms. The molecule has 3 aromatic heterocycles. The predicted octanol–water partition coefficient (Wildman–Crippen LogP) is 2.86. The molecular formula is C15H11F4N3O. The highest BCUT2D eigenvalue weighted by molar-refractivity contribution is 5.40. The fourth-order valence-electron chi connectivity index (χ4n) is 2.34. The van der Waals surface area contributed by atoms with Gasteiger partial charge in [-0.2, -0.15) is 17.6 Å². The van der Waals surface area contributed by atoms with E-state index in [2.05, 4.69) is 9.97 Å². The van der Waals surface area contributed by atoms with Gasteiger partial charge < -0.3 is 5.11 Å². The van der Waals surface area contributed by atoms with E-state index in [1.54, 1.807) is 6.07 Å². The molecule has 0 aliphatic heterocycles. The zero-order valence-corrected chi connectivity index (χ0v) is 11.6. The number of rotatable bonds is 3. The van der Waals surface area contributed by atoms with E-state index in [-0.39, 0.29) is 5.65 Å². The van der Waals surface area contributed by atoms with Crippen LogP contribution in [0.25, 0.3) is 5.65 Å². The molecule has 120 valence electrons. The highest BCUT2D eigenvalue weighted by Gasteiger charge is 2.55. The molecule has 1 unspecified atom stereocenters. The first-order chi connectivity index (χ1) is 10.8. The van der Waals surface area contributed by atoms with Gasteiger partial charge in [-0.05, 0) is 18.2 Å². The van der Waals surface area contributed by atoms with E-state index in [1.807, 2.05) is 0 Å². The molecule has 3 rings (SSSR count). The van der Waals surface area contributed by atoms with Crippen LogP contribution in [0.15, 0.2) is 48.9 Å². The third-order valence-electron chi connectivity index (χ3n) is 3.57. The first kappa shape index (κ1) is 15.4. The van der Waals surface area contributed by atoms with Gasteiger partial charge in [0.25, 0.3) is 0 Å². The van der Waals surface area contributed by atoms with E-state index in [9.17, 15) is 22.7 Å². The predicted molar refractivity (Wildman–Crippen MR) is 73.0 cm³/mol. The number of alkyl halides is 3. The van der Waals surface area contributed by atoms with Crippen LogP contribution in [0.2, 0.25) is 0 Å². The van der Waals surface area contributed by atoms with Gasteiger partial charge in [0.2, 0.25) is 5.95 Å². The number of imidazole rings is 1. The molecule has 0 aliphatic carbocycles. The van der Waals surface area contributed by atoms with E-state index in [0.717, 1.165) is 16.7 Å². The number of hydrogen-bond acceptors (Lipinski definition) is 3. The molecule has 23 heavy (non-hydrogen) atoms. The third-order valence-corrected chi connectivity index (χ3v) is 3.57. The summed E-state index contributed by atoms with van der Waals surface area (Å²) in [5.41, 5.74) is -4.06. The fourth-order valence-corrected chi connectivity index (χ4v) is 2.34. The van der Waals surface area contributed by atoms with E-state index < -0.39 is 35.4 Å². The number of aromatic nitrogens is 3. The smallest absolute Gasteiger partial charge is 0.376 e. The van der Waals surface area contributed by atoms with Crippen molar-refractivity contribution in [2.45, 2.75) is 18.2 Å². The summed E-state index contributed by atoms with van der Waals surface area (Å²) in [6, 6.07) is 6.94. The summed E-state index contributed by atoms with van der Waals surface area (Å²) < 4.78 is 55.6. The lowest BCUT2D eigenvalue weighted by Crippen LogP contribution is -2.44. The van der Waals surface area contributed by atoms with Crippen molar-refractivity contribution in [1.29, 1.82) is 0 Å². The van der Waals surface area contributed by atoms with Gasteiger partial charge >= 0.3 is 6.18 Å². The second kappa shape index (κ2) is 5.31. The van der Waals surface area contributed by atoms with Gasteiger partial charge in [0.1, 0.15) is 5.65 Å². The van der Waals surface area contributed by atoms with Gasteiger partial charge in [-0.3, -0.25) is 9.38 Å². The molecule has 0 spiro atoms. The number of halogens is 4. The molecule has 0 aromatic carbocycles. The number of fused-ring (bicyclic) bond motifs is 1. The summed E-state index contributed by atoms with van der Waals surface area (Å²) in [5.74, 6) is -0.938. The van der Waals surface area contributed by atoms with Crippen molar-refractivity contribution in [3.63, 3.8) is 0 Å². The average Bonchev–Trinajstić information content (AvgIpc) is 2.83. The zero-order chi connectivity index (χ0) is 16.7. The second-order valence-electron chi connectivity index (χ2n) is 5.05. The molecule has 3 heterocycles. The normalized spacial score (nSPS) is 14.8. The Labute approximate surface area is 128 Å². The molecule has 0 bridgehead atoms. The first-order valence-corrected chi connectivity index (χ1v) is 6.64. The summed E-state index contributed by atoms with van der Waals surface area (Å²) in [6.45, 7) is 0. The van der Waals surface area contributed by atoms with E-state index in [0.29, 0.717) is 0 Å². The molecular weight excluding hydrogens is 314 g/mol. The lowest BCUT2D eigenvalue weighted by molar-refractivity contribution is -0.266. The lowest BCUT2D eigenvalue weighted by atomic mass is 9.89. The standard InChI is InChI=1S/C15H11F4N3O/c16-13-11(21-12-5-1-2-7-22(12)13)8-14(23,15(17,18)19)10-4-3-6-20-9-10/h1-7,9,23H,8H2. The third kappa shape index (κ3) is 2.55. The summed E-state index contributed by atoms with van der Waals surface area (Å²) in [5, 5.41) is 10.2. The molecule has 0 saturated carbocycles. The van der Waals surface area contributed by atoms with Gasteiger partial charge in [-0.1, -0.05) is 12.1 Å². The van der Waals surface area contributed by atoms with Gasteiger partial charge in [0, 0.05) is 30.6 Å². The number of nitrogens with zero attached hydrogens (tertiary/aromatic N) is 3. The molecule has 4 nitrogen and oxygen atoms in total. The average molecular weight is 325 g/mol. The Morgan fingerprint density at radius 2 is 1.91 bits per heavy atom. The molecule has 0 radical (unpaired) electrons. The van der Waals surface area contributed by atoms with Crippen molar-refractivity contribution < 1.29 is 22.7 Å². The monoisotopic (exact) mass is 325 g/mol. The second-order valence-corrected chi connectivity index (χ2v) is 5.05. The largest absolute Gasteiger partial charge is 0.421 e. The number of pyridine rings is 2. The number of hydrogen-bond donors (Lipinski definition) is 1. The molecule has 3 aromatic rings. The van der Waals surface area contributed by atoms with Crippen molar-refractivity contribution in [1.82, 2.24) is 14.4 Å². The summed E-state index contributed by atoms with van der Waals surface area (Å²) in [6.07, 6.45) is -2.53.